The van der Waals surface area contributed by atoms with Crippen molar-refractivity contribution in [2.75, 3.05) is 0 Å². The Hall–Kier alpha value is -1.65. The molecule has 0 aliphatic heterocycles. The molecule has 0 bridgehead atoms. The second-order valence-electron chi connectivity index (χ2n) is 4.50. The van der Waals surface area contributed by atoms with Gasteiger partial charge in [0.15, 0.2) is 0 Å². The molecule has 0 spiro atoms. The highest BCUT2D eigenvalue weighted by molar-refractivity contribution is 6.30. The Morgan fingerprint density at radius 1 is 1.20 bits per heavy atom. The molecule has 0 amide bonds. The maximum absolute atomic E-state index is 13.6. The smallest absolute Gasteiger partial charge is 0.129 e. The molecule has 0 unspecified atom stereocenters. The Bertz CT molecular complexity index is 617. The molecule has 1 atom stereocenters. The zero-order chi connectivity index (χ0) is 14.7. The van der Waals surface area contributed by atoms with Crippen molar-refractivity contribution in [3.8, 4) is 5.75 Å². The zero-order valence-electron chi connectivity index (χ0n) is 10.9. The lowest BCUT2D eigenvalue weighted by atomic mass is 10.1. The molecule has 2 rings (SSSR count). The van der Waals surface area contributed by atoms with E-state index in [4.69, 9.17) is 22.1 Å². The fourth-order valence-corrected chi connectivity index (χ4v) is 2.01. The van der Waals surface area contributed by atoms with Gasteiger partial charge in [-0.1, -0.05) is 11.6 Å². The molecule has 2 aromatic rings. The van der Waals surface area contributed by atoms with Crippen molar-refractivity contribution in [2.45, 2.75) is 19.6 Å². The van der Waals surface area contributed by atoms with Crippen LogP contribution in [0, 0.1) is 11.6 Å². The van der Waals surface area contributed by atoms with Crippen molar-refractivity contribution in [3.63, 3.8) is 0 Å². The maximum atomic E-state index is 13.6. The summed E-state index contributed by atoms with van der Waals surface area (Å²) in [4.78, 5) is 0. The predicted octanol–water partition coefficient (Wildman–Crippen LogP) is 4.22. The largest absolute Gasteiger partial charge is 0.488 e. The van der Waals surface area contributed by atoms with Crippen LogP contribution in [-0.4, -0.2) is 0 Å². The molecule has 20 heavy (non-hydrogen) atoms. The summed E-state index contributed by atoms with van der Waals surface area (Å²) < 4.78 is 32.3. The van der Waals surface area contributed by atoms with E-state index in [0.717, 1.165) is 0 Å². The van der Waals surface area contributed by atoms with E-state index < -0.39 is 11.6 Å². The molecule has 0 aromatic heterocycles. The van der Waals surface area contributed by atoms with Gasteiger partial charge in [0.25, 0.3) is 0 Å². The normalized spacial score (nSPS) is 12.2. The molecule has 0 aliphatic rings. The average molecular weight is 298 g/mol. The van der Waals surface area contributed by atoms with E-state index in [0.29, 0.717) is 21.9 Å². The molecule has 2 aromatic carbocycles. The van der Waals surface area contributed by atoms with Gasteiger partial charge < -0.3 is 10.5 Å². The molecule has 2 nitrogen and oxygen atoms in total. The summed E-state index contributed by atoms with van der Waals surface area (Å²) in [5.74, 6) is -0.363. The number of hydrogen-bond donors (Lipinski definition) is 1. The van der Waals surface area contributed by atoms with Crippen LogP contribution in [0.2, 0.25) is 5.02 Å². The third-order valence-electron chi connectivity index (χ3n) is 2.85. The molecule has 0 heterocycles. The van der Waals surface area contributed by atoms with Crippen molar-refractivity contribution < 1.29 is 13.5 Å². The van der Waals surface area contributed by atoms with Gasteiger partial charge in [-0.25, -0.2) is 8.78 Å². The lowest BCUT2D eigenvalue weighted by molar-refractivity contribution is 0.295. The fraction of sp³-hybridized carbons (Fsp3) is 0.200. The van der Waals surface area contributed by atoms with E-state index in [-0.39, 0.29) is 12.6 Å². The Morgan fingerprint density at radius 3 is 2.65 bits per heavy atom. The SMILES string of the molecule is C[C@H](N)c1cc(F)ccc1OCc1cc(Cl)ccc1F. The summed E-state index contributed by atoms with van der Waals surface area (Å²) in [7, 11) is 0. The van der Waals surface area contributed by atoms with E-state index >= 15 is 0 Å². The molecular formula is C15H14ClF2NO. The molecule has 0 radical (unpaired) electrons. The standard InChI is InChI=1S/C15H14ClF2NO/c1-9(19)13-7-12(17)3-5-15(13)20-8-10-6-11(16)2-4-14(10)18/h2-7,9H,8,19H2,1H3/t9-/m0/s1. The Labute approximate surface area is 121 Å². The van der Waals surface area contributed by atoms with Crippen LogP contribution in [0.5, 0.6) is 5.75 Å². The van der Waals surface area contributed by atoms with Gasteiger partial charge in [-0.3, -0.25) is 0 Å². The van der Waals surface area contributed by atoms with Crippen LogP contribution >= 0.6 is 11.6 Å². The van der Waals surface area contributed by atoms with Gasteiger partial charge >= 0.3 is 0 Å². The van der Waals surface area contributed by atoms with Gasteiger partial charge in [0.1, 0.15) is 24.0 Å². The molecule has 5 heteroatoms. The molecule has 2 N–H and O–H groups in total. The number of rotatable bonds is 4. The lowest BCUT2D eigenvalue weighted by Crippen LogP contribution is -2.09. The van der Waals surface area contributed by atoms with Crippen molar-refractivity contribution in [3.05, 3.63) is 64.2 Å². The highest BCUT2D eigenvalue weighted by Crippen LogP contribution is 2.26. The van der Waals surface area contributed by atoms with E-state index in [1.54, 1.807) is 6.92 Å². The number of nitrogens with two attached hydrogens (primary N) is 1. The van der Waals surface area contributed by atoms with Crippen molar-refractivity contribution in [2.24, 2.45) is 5.73 Å². The Kier molecular flexibility index (Phi) is 4.57. The first-order valence-corrected chi connectivity index (χ1v) is 6.47. The predicted molar refractivity (Wildman–Crippen MR) is 74.7 cm³/mol. The van der Waals surface area contributed by atoms with Crippen molar-refractivity contribution >= 4 is 11.6 Å². The quantitative estimate of drug-likeness (QED) is 0.917. The van der Waals surface area contributed by atoms with Crippen molar-refractivity contribution in [1.82, 2.24) is 0 Å². The van der Waals surface area contributed by atoms with Gasteiger partial charge in [-0.15, -0.1) is 0 Å². The Morgan fingerprint density at radius 2 is 1.95 bits per heavy atom. The molecule has 106 valence electrons. The third-order valence-corrected chi connectivity index (χ3v) is 3.09. The second-order valence-corrected chi connectivity index (χ2v) is 4.93. The second kappa shape index (κ2) is 6.20. The number of benzene rings is 2. The summed E-state index contributed by atoms with van der Waals surface area (Å²) in [6, 6.07) is 7.92. The minimum atomic E-state index is -0.404. The van der Waals surface area contributed by atoms with Gasteiger partial charge in [-0.2, -0.15) is 0 Å². The fourth-order valence-electron chi connectivity index (χ4n) is 1.82. The highest BCUT2D eigenvalue weighted by atomic mass is 35.5. The van der Waals surface area contributed by atoms with Crippen LogP contribution in [0.3, 0.4) is 0 Å². The first-order chi connectivity index (χ1) is 9.47. The topological polar surface area (TPSA) is 35.2 Å². The highest BCUT2D eigenvalue weighted by Gasteiger charge is 2.11. The van der Waals surface area contributed by atoms with Crippen LogP contribution in [0.15, 0.2) is 36.4 Å². The van der Waals surface area contributed by atoms with Gasteiger partial charge in [-0.05, 0) is 43.3 Å². The molecule has 0 fully saturated rings. The summed E-state index contributed by atoms with van der Waals surface area (Å²) in [5.41, 5.74) is 6.63. The number of hydrogen-bond acceptors (Lipinski definition) is 2. The molecule has 0 saturated heterocycles. The first-order valence-electron chi connectivity index (χ1n) is 6.09. The van der Waals surface area contributed by atoms with E-state index in [9.17, 15) is 8.78 Å². The van der Waals surface area contributed by atoms with Crippen LogP contribution in [0.4, 0.5) is 8.78 Å². The van der Waals surface area contributed by atoms with Gasteiger partial charge in [0.2, 0.25) is 0 Å². The van der Waals surface area contributed by atoms with Crippen molar-refractivity contribution in [1.29, 1.82) is 0 Å². The molecule has 0 saturated carbocycles. The summed E-state index contributed by atoms with van der Waals surface area (Å²) in [6.45, 7) is 1.72. The first kappa shape index (κ1) is 14.8. The van der Waals surface area contributed by atoms with Crippen LogP contribution < -0.4 is 10.5 Å². The van der Waals surface area contributed by atoms with Crippen LogP contribution in [0.1, 0.15) is 24.1 Å². The average Bonchev–Trinajstić information content (AvgIpc) is 2.40. The Balaban J connectivity index is 2.20. The van der Waals surface area contributed by atoms with E-state index in [1.165, 1.54) is 36.4 Å². The summed E-state index contributed by atoms with van der Waals surface area (Å²) in [6.07, 6.45) is 0. The third kappa shape index (κ3) is 3.46. The molecule has 0 aliphatic carbocycles. The van der Waals surface area contributed by atoms with Gasteiger partial charge in [0.05, 0.1) is 0 Å². The molecular weight excluding hydrogens is 284 g/mol. The summed E-state index contributed by atoms with van der Waals surface area (Å²) >= 11 is 5.81. The zero-order valence-corrected chi connectivity index (χ0v) is 11.6. The maximum Gasteiger partial charge on any atom is 0.129 e. The minimum absolute atomic E-state index is 0.00224. The number of halogens is 3. The monoisotopic (exact) mass is 297 g/mol. The van der Waals surface area contributed by atoms with Crippen LogP contribution in [-0.2, 0) is 6.61 Å². The number of ether oxygens (including phenoxy) is 1. The van der Waals surface area contributed by atoms with Gasteiger partial charge in [0, 0.05) is 22.2 Å². The van der Waals surface area contributed by atoms with Crippen LogP contribution in [0.25, 0.3) is 0 Å². The van der Waals surface area contributed by atoms with E-state index in [1.807, 2.05) is 0 Å². The summed E-state index contributed by atoms with van der Waals surface area (Å²) in [5, 5.41) is 0.427. The van der Waals surface area contributed by atoms with E-state index in [2.05, 4.69) is 0 Å². The lowest BCUT2D eigenvalue weighted by Gasteiger charge is -2.14. The minimum Gasteiger partial charge on any atom is -0.488 e.